The number of aliphatic hydroxyl groups is 1. The van der Waals surface area contributed by atoms with Crippen LogP contribution >= 0.6 is 0 Å². The molecule has 0 amide bonds. The van der Waals surface area contributed by atoms with E-state index in [1.165, 1.54) is 12.8 Å². The highest BCUT2D eigenvalue weighted by molar-refractivity contribution is 5.88. The molecule has 2 aromatic heterocycles. The topological polar surface area (TPSA) is 66.2 Å². The lowest BCUT2D eigenvalue weighted by atomic mass is 10.1. The van der Waals surface area contributed by atoms with Crippen LogP contribution in [0.2, 0.25) is 0 Å². The molecule has 1 saturated heterocycles. The predicted molar refractivity (Wildman–Crippen MR) is 99.2 cm³/mol. The third-order valence-corrected chi connectivity index (χ3v) is 4.70. The van der Waals surface area contributed by atoms with E-state index in [1.807, 2.05) is 31.7 Å². The number of rotatable bonds is 5. The van der Waals surface area contributed by atoms with Gasteiger partial charge in [0, 0.05) is 36.9 Å². The van der Waals surface area contributed by atoms with Crippen molar-refractivity contribution in [3.63, 3.8) is 0 Å². The molecule has 0 aliphatic carbocycles. The molecule has 130 valence electrons. The molecule has 1 aliphatic heterocycles. The molecule has 6 heteroatoms. The van der Waals surface area contributed by atoms with Crippen LogP contribution in [0.5, 0.6) is 0 Å². The van der Waals surface area contributed by atoms with Crippen LogP contribution < -0.4 is 5.32 Å². The van der Waals surface area contributed by atoms with Crippen molar-refractivity contribution in [2.75, 3.05) is 25.0 Å². The minimum absolute atomic E-state index is 0.607. The van der Waals surface area contributed by atoms with Gasteiger partial charge < -0.3 is 10.4 Å². The summed E-state index contributed by atoms with van der Waals surface area (Å²) in [5.41, 5.74) is 2.21. The number of benzene rings is 1. The number of aliphatic hydroxyl groups excluding tert-OH is 1. The Morgan fingerprint density at radius 2 is 1.96 bits per heavy atom. The second-order valence-corrected chi connectivity index (χ2v) is 6.70. The van der Waals surface area contributed by atoms with Gasteiger partial charge in [-0.3, -0.25) is 9.58 Å². The average molecular weight is 337 g/mol. The van der Waals surface area contributed by atoms with Crippen molar-refractivity contribution in [3.05, 3.63) is 42.9 Å². The van der Waals surface area contributed by atoms with Gasteiger partial charge >= 0.3 is 0 Å². The van der Waals surface area contributed by atoms with E-state index in [2.05, 4.69) is 38.5 Å². The number of pyridine rings is 1. The smallest absolute Gasteiger partial charge is 0.138 e. The first-order valence-corrected chi connectivity index (χ1v) is 8.73. The normalized spacial score (nSPS) is 16.4. The highest BCUT2D eigenvalue weighted by atomic mass is 16.3. The van der Waals surface area contributed by atoms with Gasteiger partial charge in [0.05, 0.1) is 6.20 Å². The van der Waals surface area contributed by atoms with Gasteiger partial charge in [-0.15, -0.1) is 0 Å². The average Bonchev–Trinajstić information content (AvgIpc) is 3.26. The number of nitrogens with one attached hydrogen (secondary N) is 1. The van der Waals surface area contributed by atoms with Crippen LogP contribution in [0.1, 0.15) is 12.8 Å². The molecule has 6 nitrogen and oxygen atoms in total. The van der Waals surface area contributed by atoms with Crippen molar-refractivity contribution < 1.29 is 5.11 Å². The molecular formula is C19H23N5O. The summed E-state index contributed by atoms with van der Waals surface area (Å²) in [4.78, 5) is 6.70. The maximum Gasteiger partial charge on any atom is 0.138 e. The van der Waals surface area contributed by atoms with E-state index in [1.54, 1.807) is 4.68 Å². The van der Waals surface area contributed by atoms with Gasteiger partial charge in [-0.2, -0.15) is 5.10 Å². The van der Waals surface area contributed by atoms with Crippen molar-refractivity contribution in [1.29, 1.82) is 0 Å². The van der Waals surface area contributed by atoms with Crippen LogP contribution in [0.15, 0.2) is 42.9 Å². The fourth-order valence-corrected chi connectivity index (χ4v) is 3.40. The summed E-state index contributed by atoms with van der Waals surface area (Å²) in [5.74, 6) is 0.697. The Hall–Kier alpha value is -2.44. The largest absolute Gasteiger partial charge is 0.372 e. The minimum Gasteiger partial charge on any atom is -0.372 e. The number of likely N-dealkylation sites (tertiary alicyclic amines) is 1. The number of fused-ring (bicyclic) bond motifs is 1. The first-order chi connectivity index (χ1) is 12.2. The van der Waals surface area contributed by atoms with Crippen molar-refractivity contribution in [3.8, 4) is 11.1 Å². The molecule has 1 aliphatic rings. The first-order valence-electron chi connectivity index (χ1n) is 8.73. The van der Waals surface area contributed by atoms with Gasteiger partial charge in [-0.25, -0.2) is 4.98 Å². The van der Waals surface area contributed by atoms with Crippen LogP contribution in [0.3, 0.4) is 0 Å². The molecule has 25 heavy (non-hydrogen) atoms. The molecule has 0 radical (unpaired) electrons. The van der Waals surface area contributed by atoms with Crippen LogP contribution in [-0.2, 0) is 7.05 Å². The number of hydrogen-bond acceptors (Lipinski definition) is 5. The van der Waals surface area contributed by atoms with E-state index >= 15 is 0 Å². The summed E-state index contributed by atoms with van der Waals surface area (Å²) in [6.45, 7) is 2.77. The fourth-order valence-electron chi connectivity index (χ4n) is 3.40. The third-order valence-electron chi connectivity index (χ3n) is 4.70. The molecule has 0 spiro atoms. The summed E-state index contributed by atoms with van der Waals surface area (Å²) in [6.07, 6.45) is 7.54. The number of nitrogens with zero attached hydrogens (tertiary/aromatic N) is 4. The fraction of sp³-hybridized carbons (Fsp3) is 0.368. The highest BCUT2D eigenvalue weighted by Crippen LogP contribution is 2.25. The van der Waals surface area contributed by atoms with Gasteiger partial charge in [0.25, 0.3) is 0 Å². The SMILES string of the molecule is Cn1cc(-c2ccc3cnc(NC(O)CN4CCCC4)cc3c2)cn1. The molecule has 1 aromatic carbocycles. The summed E-state index contributed by atoms with van der Waals surface area (Å²) in [5, 5.41) is 19.8. The van der Waals surface area contributed by atoms with Crippen LogP contribution in [0.25, 0.3) is 21.9 Å². The minimum atomic E-state index is -0.607. The molecule has 1 atom stereocenters. The van der Waals surface area contributed by atoms with E-state index in [0.29, 0.717) is 12.4 Å². The molecule has 0 bridgehead atoms. The predicted octanol–water partition coefficient (Wildman–Crippen LogP) is 2.46. The Balaban J connectivity index is 1.53. The zero-order chi connectivity index (χ0) is 17.2. The lowest BCUT2D eigenvalue weighted by Crippen LogP contribution is -2.35. The number of hydrogen-bond donors (Lipinski definition) is 2. The highest BCUT2D eigenvalue weighted by Gasteiger charge is 2.15. The van der Waals surface area contributed by atoms with E-state index < -0.39 is 6.23 Å². The van der Waals surface area contributed by atoms with Gasteiger partial charge in [-0.05, 0) is 49.0 Å². The Morgan fingerprint density at radius 3 is 2.72 bits per heavy atom. The monoisotopic (exact) mass is 337 g/mol. The Bertz CT molecular complexity index is 869. The second-order valence-electron chi connectivity index (χ2n) is 6.70. The molecule has 1 fully saturated rings. The zero-order valence-corrected chi connectivity index (χ0v) is 14.4. The van der Waals surface area contributed by atoms with Gasteiger partial charge in [0.15, 0.2) is 0 Å². The zero-order valence-electron chi connectivity index (χ0n) is 14.4. The lowest BCUT2D eigenvalue weighted by molar-refractivity contribution is 0.147. The van der Waals surface area contributed by atoms with Gasteiger partial charge in [0.1, 0.15) is 12.0 Å². The maximum absolute atomic E-state index is 10.3. The first kappa shape index (κ1) is 16.1. The lowest BCUT2D eigenvalue weighted by Gasteiger charge is -2.20. The van der Waals surface area contributed by atoms with E-state index in [-0.39, 0.29) is 0 Å². The van der Waals surface area contributed by atoms with Crippen molar-refractivity contribution in [2.24, 2.45) is 7.05 Å². The molecule has 4 rings (SSSR count). The van der Waals surface area contributed by atoms with Crippen molar-refractivity contribution in [1.82, 2.24) is 19.7 Å². The second kappa shape index (κ2) is 6.82. The summed E-state index contributed by atoms with van der Waals surface area (Å²) in [7, 11) is 1.91. The van der Waals surface area contributed by atoms with Crippen LogP contribution in [0.4, 0.5) is 5.82 Å². The summed E-state index contributed by atoms with van der Waals surface area (Å²) >= 11 is 0. The number of anilines is 1. The van der Waals surface area contributed by atoms with Crippen LogP contribution in [-0.4, -0.2) is 50.6 Å². The maximum atomic E-state index is 10.3. The van der Waals surface area contributed by atoms with E-state index in [9.17, 15) is 5.11 Å². The van der Waals surface area contributed by atoms with Gasteiger partial charge in [-0.1, -0.05) is 12.1 Å². The Labute approximate surface area is 147 Å². The number of β-amino-alcohol motifs (C(OH)–C–C–N with tert-alkyl or cyclic N) is 1. The standard InChI is InChI=1S/C19H23N5O/c1-23-12-17(11-21-23)14-4-5-15-10-20-18(9-16(15)8-14)22-19(25)13-24-6-2-3-7-24/h4-5,8-12,19,25H,2-3,6-7,13H2,1H3,(H,20,22). The number of aryl methyl sites for hydroxylation is 1. The van der Waals surface area contributed by atoms with Crippen LogP contribution in [0, 0.1) is 0 Å². The Kier molecular flexibility index (Phi) is 4.38. The quantitative estimate of drug-likeness (QED) is 0.700. The Morgan fingerprint density at radius 1 is 1.12 bits per heavy atom. The third kappa shape index (κ3) is 3.65. The molecule has 2 N–H and O–H groups in total. The molecular weight excluding hydrogens is 314 g/mol. The molecule has 0 saturated carbocycles. The van der Waals surface area contributed by atoms with Crippen molar-refractivity contribution in [2.45, 2.75) is 19.1 Å². The van der Waals surface area contributed by atoms with Gasteiger partial charge in [0.2, 0.25) is 0 Å². The summed E-state index contributed by atoms with van der Waals surface area (Å²) < 4.78 is 1.80. The van der Waals surface area contributed by atoms with Crippen molar-refractivity contribution >= 4 is 16.6 Å². The summed E-state index contributed by atoms with van der Waals surface area (Å²) in [6, 6.07) is 8.26. The molecule has 1 unspecified atom stereocenters. The molecule has 3 heterocycles. The van der Waals surface area contributed by atoms with E-state index in [4.69, 9.17) is 0 Å². The van der Waals surface area contributed by atoms with E-state index in [0.717, 1.165) is 35.0 Å². The molecule has 3 aromatic rings. The number of aromatic nitrogens is 3.